The van der Waals surface area contributed by atoms with Crippen LogP contribution >= 0.6 is 0 Å². The summed E-state index contributed by atoms with van der Waals surface area (Å²) in [4.78, 5) is 4.32. The number of hydrogen-bond acceptors (Lipinski definition) is 3. The van der Waals surface area contributed by atoms with Crippen molar-refractivity contribution in [2.45, 2.75) is 31.8 Å². The molecule has 2 atom stereocenters. The molecule has 0 amide bonds. The summed E-state index contributed by atoms with van der Waals surface area (Å²) in [6, 6.07) is 0. The fourth-order valence-corrected chi connectivity index (χ4v) is 3.24. The standard InChI is InChI=1S/C14H25N3O2/c1-2-7-16-13(15)17-10-11-3-4-14(12(11)18)5-8-19-9-6-14/h2,11-12,18H,1,3-10H2,(H3,15,16,17). The highest BCUT2D eigenvalue weighted by atomic mass is 16.5. The number of hydrogen-bond donors (Lipinski definition) is 3. The van der Waals surface area contributed by atoms with E-state index in [1.54, 1.807) is 6.08 Å². The molecule has 0 radical (unpaired) electrons. The predicted octanol–water partition coefficient (Wildman–Crippen LogP) is 0.644. The molecule has 1 aliphatic carbocycles. The number of guanidine groups is 1. The summed E-state index contributed by atoms with van der Waals surface area (Å²) in [5.74, 6) is 0.655. The van der Waals surface area contributed by atoms with Gasteiger partial charge in [0.2, 0.25) is 0 Å². The molecule has 2 fully saturated rings. The first-order chi connectivity index (χ1) is 9.18. The molecule has 108 valence electrons. The van der Waals surface area contributed by atoms with Gasteiger partial charge in [-0.2, -0.15) is 0 Å². The van der Waals surface area contributed by atoms with Crippen LogP contribution in [0.1, 0.15) is 25.7 Å². The van der Waals surface area contributed by atoms with E-state index in [0.717, 1.165) is 38.9 Å². The molecule has 1 saturated carbocycles. The molecule has 1 saturated heterocycles. The Labute approximate surface area is 114 Å². The van der Waals surface area contributed by atoms with E-state index in [2.05, 4.69) is 16.9 Å². The van der Waals surface area contributed by atoms with Crippen LogP contribution in [0.25, 0.3) is 0 Å². The van der Waals surface area contributed by atoms with E-state index in [4.69, 9.17) is 10.5 Å². The number of rotatable bonds is 4. The highest BCUT2D eigenvalue weighted by Gasteiger charge is 2.47. The minimum absolute atomic E-state index is 0.0712. The molecule has 2 unspecified atom stereocenters. The molecule has 5 nitrogen and oxygen atoms in total. The summed E-state index contributed by atoms with van der Waals surface area (Å²) in [5.41, 5.74) is 5.81. The first kappa shape index (κ1) is 14.3. The minimum Gasteiger partial charge on any atom is -0.392 e. The monoisotopic (exact) mass is 267 g/mol. The second kappa shape index (κ2) is 6.39. The lowest BCUT2D eigenvalue weighted by atomic mass is 9.76. The van der Waals surface area contributed by atoms with Crippen LogP contribution in [0, 0.1) is 11.3 Å². The van der Waals surface area contributed by atoms with E-state index >= 15 is 0 Å². The van der Waals surface area contributed by atoms with E-state index in [-0.39, 0.29) is 17.4 Å². The average molecular weight is 267 g/mol. The molecule has 0 bridgehead atoms. The van der Waals surface area contributed by atoms with Gasteiger partial charge < -0.3 is 20.9 Å². The number of nitrogens with two attached hydrogens (primary N) is 1. The van der Waals surface area contributed by atoms with Crippen molar-refractivity contribution >= 4 is 5.96 Å². The summed E-state index contributed by atoms with van der Waals surface area (Å²) < 4.78 is 5.40. The van der Waals surface area contributed by atoms with Crippen LogP contribution in [0.2, 0.25) is 0 Å². The van der Waals surface area contributed by atoms with Gasteiger partial charge in [0.25, 0.3) is 0 Å². The molecule has 0 aromatic carbocycles. The Kier molecular flexibility index (Phi) is 4.82. The minimum atomic E-state index is -0.271. The number of ether oxygens (including phenoxy) is 1. The van der Waals surface area contributed by atoms with E-state index in [1.807, 2.05) is 0 Å². The van der Waals surface area contributed by atoms with Crippen LogP contribution < -0.4 is 11.1 Å². The average Bonchev–Trinajstić information content (AvgIpc) is 2.72. The van der Waals surface area contributed by atoms with Crippen LogP contribution in [-0.2, 0) is 4.74 Å². The summed E-state index contributed by atoms with van der Waals surface area (Å²) in [5, 5.41) is 13.5. The number of aliphatic imine (C=N–C) groups is 1. The molecule has 1 spiro atoms. The zero-order chi connectivity index (χ0) is 13.7. The van der Waals surface area contributed by atoms with Gasteiger partial charge in [-0.05, 0) is 25.7 Å². The van der Waals surface area contributed by atoms with Crippen LogP contribution in [-0.4, -0.2) is 43.5 Å². The van der Waals surface area contributed by atoms with Crippen LogP contribution in [0.3, 0.4) is 0 Å². The van der Waals surface area contributed by atoms with Crippen molar-refractivity contribution in [1.82, 2.24) is 5.32 Å². The van der Waals surface area contributed by atoms with Crippen molar-refractivity contribution in [3.05, 3.63) is 12.7 Å². The summed E-state index contributed by atoms with van der Waals surface area (Å²) in [6.45, 7) is 6.37. The van der Waals surface area contributed by atoms with Crippen molar-refractivity contribution in [2.75, 3.05) is 26.3 Å². The lowest BCUT2D eigenvalue weighted by Gasteiger charge is -2.37. The Morgan fingerprint density at radius 3 is 2.89 bits per heavy atom. The van der Waals surface area contributed by atoms with Crippen molar-refractivity contribution in [3.8, 4) is 0 Å². The van der Waals surface area contributed by atoms with Crippen LogP contribution in [0.4, 0.5) is 0 Å². The first-order valence-corrected chi connectivity index (χ1v) is 7.08. The van der Waals surface area contributed by atoms with Gasteiger partial charge in [-0.1, -0.05) is 6.08 Å². The molecular formula is C14H25N3O2. The van der Waals surface area contributed by atoms with Crippen molar-refractivity contribution < 1.29 is 9.84 Å². The Bertz CT molecular complexity index is 338. The highest BCUT2D eigenvalue weighted by Crippen LogP contribution is 2.48. The number of nitrogens with zero attached hydrogens (tertiary/aromatic N) is 1. The van der Waals surface area contributed by atoms with Crippen LogP contribution in [0.15, 0.2) is 17.6 Å². The van der Waals surface area contributed by atoms with Crippen molar-refractivity contribution in [3.63, 3.8) is 0 Å². The molecule has 4 N–H and O–H groups in total. The van der Waals surface area contributed by atoms with Gasteiger partial charge in [0.05, 0.1) is 6.10 Å². The quantitative estimate of drug-likeness (QED) is 0.397. The number of aliphatic hydroxyl groups is 1. The first-order valence-electron chi connectivity index (χ1n) is 7.08. The molecular weight excluding hydrogens is 242 g/mol. The van der Waals surface area contributed by atoms with Gasteiger partial charge in [-0.15, -0.1) is 6.58 Å². The summed E-state index contributed by atoms with van der Waals surface area (Å²) in [7, 11) is 0. The van der Waals surface area contributed by atoms with Gasteiger partial charge in [0.15, 0.2) is 5.96 Å². The fraction of sp³-hybridized carbons (Fsp3) is 0.786. The maximum absolute atomic E-state index is 10.6. The lowest BCUT2D eigenvalue weighted by molar-refractivity contribution is -0.0548. The maximum atomic E-state index is 10.6. The SMILES string of the molecule is C=CCNC(N)=NCC1CCC2(CCOCC2)C1O. The molecule has 0 aromatic heterocycles. The summed E-state index contributed by atoms with van der Waals surface area (Å²) in [6.07, 6.45) is 5.52. The van der Waals surface area contributed by atoms with Crippen molar-refractivity contribution in [2.24, 2.45) is 22.1 Å². The third-order valence-electron chi connectivity index (χ3n) is 4.50. The molecule has 1 heterocycles. The van der Waals surface area contributed by atoms with Gasteiger partial charge >= 0.3 is 0 Å². The Morgan fingerprint density at radius 1 is 1.47 bits per heavy atom. The van der Waals surface area contributed by atoms with Gasteiger partial charge in [-0.3, -0.25) is 4.99 Å². The second-order valence-electron chi connectivity index (χ2n) is 5.61. The lowest BCUT2D eigenvalue weighted by Crippen LogP contribution is -2.39. The largest absolute Gasteiger partial charge is 0.392 e. The zero-order valence-electron chi connectivity index (χ0n) is 11.5. The molecule has 19 heavy (non-hydrogen) atoms. The van der Waals surface area contributed by atoms with E-state index < -0.39 is 0 Å². The Hall–Kier alpha value is -1.07. The Balaban J connectivity index is 1.87. The van der Waals surface area contributed by atoms with Gasteiger partial charge in [0, 0.05) is 37.6 Å². The highest BCUT2D eigenvalue weighted by molar-refractivity contribution is 5.77. The number of nitrogens with one attached hydrogen (secondary N) is 1. The zero-order valence-corrected chi connectivity index (χ0v) is 11.5. The van der Waals surface area contributed by atoms with Crippen LogP contribution in [0.5, 0.6) is 0 Å². The smallest absolute Gasteiger partial charge is 0.188 e. The van der Waals surface area contributed by atoms with E-state index in [1.165, 1.54) is 0 Å². The third-order valence-corrected chi connectivity index (χ3v) is 4.50. The predicted molar refractivity (Wildman–Crippen MR) is 75.9 cm³/mol. The fourth-order valence-electron chi connectivity index (χ4n) is 3.24. The Morgan fingerprint density at radius 2 is 2.21 bits per heavy atom. The molecule has 2 rings (SSSR count). The normalized spacial score (nSPS) is 30.5. The molecule has 1 aliphatic heterocycles. The number of aliphatic hydroxyl groups excluding tert-OH is 1. The summed E-state index contributed by atoms with van der Waals surface area (Å²) >= 11 is 0. The maximum Gasteiger partial charge on any atom is 0.188 e. The third kappa shape index (κ3) is 3.28. The van der Waals surface area contributed by atoms with E-state index in [0.29, 0.717) is 19.0 Å². The van der Waals surface area contributed by atoms with E-state index in [9.17, 15) is 5.11 Å². The second-order valence-corrected chi connectivity index (χ2v) is 5.61. The molecule has 5 heteroatoms. The topological polar surface area (TPSA) is 79.9 Å². The van der Waals surface area contributed by atoms with Crippen molar-refractivity contribution in [1.29, 1.82) is 0 Å². The van der Waals surface area contributed by atoms with Gasteiger partial charge in [-0.25, -0.2) is 0 Å². The molecule has 2 aliphatic rings. The molecule has 0 aromatic rings. The van der Waals surface area contributed by atoms with Gasteiger partial charge in [0.1, 0.15) is 0 Å².